The second-order valence-electron chi connectivity index (χ2n) is 3.70. The molecule has 16 heavy (non-hydrogen) atoms. The van der Waals surface area contributed by atoms with Gasteiger partial charge in [-0.05, 0) is 30.8 Å². The number of hydrogen-bond acceptors (Lipinski definition) is 2. The molecule has 0 aliphatic heterocycles. The highest BCUT2D eigenvalue weighted by Gasteiger charge is 2.11. The lowest BCUT2D eigenvalue weighted by atomic mass is 10.1. The van der Waals surface area contributed by atoms with Gasteiger partial charge in [-0.25, -0.2) is 0 Å². The number of nitrogens with one attached hydrogen (secondary N) is 2. The van der Waals surface area contributed by atoms with E-state index in [-0.39, 0.29) is 11.8 Å². The maximum atomic E-state index is 11.7. The molecule has 0 heterocycles. The topological polar surface area (TPSA) is 41.1 Å². The fourth-order valence-electron chi connectivity index (χ4n) is 1.25. The van der Waals surface area contributed by atoms with Crippen LogP contribution in [-0.2, 0) is 4.79 Å². The fraction of sp³-hybridized carbons (Fsp3) is 0.417. The minimum atomic E-state index is -0.0457. The molecule has 3 nitrogen and oxygen atoms in total. The SMILES string of the molecule is CCNCC(C)C(=O)Nc1ccc(Cl)cc1. The van der Waals surface area contributed by atoms with Crippen molar-refractivity contribution >= 4 is 23.2 Å². The van der Waals surface area contributed by atoms with Gasteiger partial charge < -0.3 is 10.6 Å². The maximum Gasteiger partial charge on any atom is 0.228 e. The van der Waals surface area contributed by atoms with E-state index in [1.165, 1.54) is 0 Å². The minimum absolute atomic E-state index is 0.0169. The molecule has 0 aliphatic carbocycles. The number of halogens is 1. The van der Waals surface area contributed by atoms with E-state index in [0.717, 1.165) is 12.2 Å². The zero-order chi connectivity index (χ0) is 12.0. The van der Waals surface area contributed by atoms with Gasteiger partial charge in [0.15, 0.2) is 0 Å². The summed E-state index contributed by atoms with van der Waals surface area (Å²) in [4.78, 5) is 11.7. The molecule has 0 spiro atoms. The lowest BCUT2D eigenvalue weighted by molar-refractivity contribution is -0.119. The Morgan fingerprint density at radius 2 is 2.00 bits per heavy atom. The first-order valence-corrected chi connectivity index (χ1v) is 5.78. The quantitative estimate of drug-likeness (QED) is 0.831. The molecule has 0 fully saturated rings. The van der Waals surface area contributed by atoms with Crippen LogP contribution in [0, 0.1) is 5.92 Å². The van der Waals surface area contributed by atoms with E-state index in [2.05, 4.69) is 10.6 Å². The summed E-state index contributed by atoms with van der Waals surface area (Å²) in [6.07, 6.45) is 0. The molecule has 2 N–H and O–H groups in total. The zero-order valence-electron chi connectivity index (χ0n) is 9.59. The van der Waals surface area contributed by atoms with Gasteiger partial charge in [0.25, 0.3) is 0 Å². The van der Waals surface area contributed by atoms with Crippen molar-refractivity contribution in [2.45, 2.75) is 13.8 Å². The van der Waals surface area contributed by atoms with Gasteiger partial charge in [0.1, 0.15) is 0 Å². The summed E-state index contributed by atoms with van der Waals surface area (Å²) in [7, 11) is 0. The number of benzene rings is 1. The molecular formula is C12H17ClN2O. The molecule has 1 aromatic carbocycles. The average Bonchev–Trinajstić information content (AvgIpc) is 2.29. The monoisotopic (exact) mass is 240 g/mol. The maximum absolute atomic E-state index is 11.7. The smallest absolute Gasteiger partial charge is 0.228 e. The number of rotatable bonds is 5. The number of anilines is 1. The van der Waals surface area contributed by atoms with Crippen LogP contribution in [0.3, 0.4) is 0 Å². The van der Waals surface area contributed by atoms with Crippen LogP contribution in [0.1, 0.15) is 13.8 Å². The molecule has 1 amide bonds. The zero-order valence-corrected chi connectivity index (χ0v) is 10.3. The normalized spacial score (nSPS) is 12.2. The van der Waals surface area contributed by atoms with Crippen molar-refractivity contribution in [1.82, 2.24) is 5.32 Å². The Morgan fingerprint density at radius 1 is 1.38 bits per heavy atom. The summed E-state index contributed by atoms with van der Waals surface area (Å²) in [6, 6.07) is 7.10. The second kappa shape index (κ2) is 6.51. The molecule has 1 atom stereocenters. The van der Waals surface area contributed by atoms with Crippen molar-refractivity contribution < 1.29 is 4.79 Å². The van der Waals surface area contributed by atoms with Gasteiger partial charge in [-0.2, -0.15) is 0 Å². The third-order valence-corrected chi connectivity index (χ3v) is 2.51. The molecular weight excluding hydrogens is 224 g/mol. The van der Waals surface area contributed by atoms with Crippen molar-refractivity contribution in [3.63, 3.8) is 0 Å². The first-order chi connectivity index (χ1) is 7.63. The molecule has 0 bridgehead atoms. The fourth-order valence-corrected chi connectivity index (χ4v) is 1.38. The minimum Gasteiger partial charge on any atom is -0.326 e. The van der Waals surface area contributed by atoms with Crippen molar-refractivity contribution in [1.29, 1.82) is 0 Å². The molecule has 4 heteroatoms. The molecule has 88 valence electrons. The van der Waals surface area contributed by atoms with E-state index < -0.39 is 0 Å². The molecule has 0 aromatic heterocycles. The van der Waals surface area contributed by atoms with Crippen LogP contribution >= 0.6 is 11.6 Å². The Morgan fingerprint density at radius 3 is 2.56 bits per heavy atom. The summed E-state index contributed by atoms with van der Waals surface area (Å²) in [5.74, 6) is -0.0288. The van der Waals surface area contributed by atoms with E-state index in [4.69, 9.17) is 11.6 Å². The van der Waals surface area contributed by atoms with E-state index >= 15 is 0 Å². The number of amides is 1. The number of hydrogen-bond donors (Lipinski definition) is 2. The van der Waals surface area contributed by atoms with Crippen LogP contribution < -0.4 is 10.6 Å². The third kappa shape index (κ3) is 4.21. The molecule has 0 saturated heterocycles. The predicted molar refractivity (Wildman–Crippen MR) is 67.8 cm³/mol. The molecule has 1 aromatic rings. The van der Waals surface area contributed by atoms with Crippen LogP contribution in [0.5, 0.6) is 0 Å². The molecule has 0 saturated carbocycles. The first kappa shape index (κ1) is 13.0. The van der Waals surface area contributed by atoms with E-state index in [1.54, 1.807) is 24.3 Å². The Balaban J connectivity index is 2.47. The first-order valence-electron chi connectivity index (χ1n) is 5.40. The van der Waals surface area contributed by atoms with Gasteiger partial charge in [-0.3, -0.25) is 4.79 Å². The largest absolute Gasteiger partial charge is 0.326 e. The standard InChI is InChI=1S/C12H17ClN2O/c1-3-14-8-9(2)12(16)15-11-6-4-10(13)5-7-11/h4-7,9,14H,3,8H2,1-2H3,(H,15,16). The molecule has 0 aliphatic rings. The van der Waals surface area contributed by atoms with Gasteiger partial charge in [0, 0.05) is 23.2 Å². The van der Waals surface area contributed by atoms with Gasteiger partial charge >= 0.3 is 0 Å². The molecule has 0 radical (unpaired) electrons. The lowest BCUT2D eigenvalue weighted by Gasteiger charge is -2.12. The van der Waals surface area contributed by atoms with E-state index in [1.807, 2.05) is 13.8 Å². The van der Waals surface area contributed by atoms with Crippen molar-refractivity contribution in [3.8, 4) is 0 Å². The summed E-state index contributed by atoms with van der Waals surface area (Å²) >= 11 is 5.76. The van der Waals surface area contributed by atoms with E-state index in [9.17, 15) is 4.79 Å². The number of carbonyl (C=O) groups is 1. The second-order valence-corrected chi connectivity index (χ2v) is 4.14. The third-order valence-electron chi connectivity index (χ3n) is 2.26. The van der Waals surface area contributed by atoms with Gasteiger partial charge in [-0.15, -0.1) is 0 Å². The Bertz CT molecular complexity index is 337. The average molecular weight is 241 g/mol. The van der Waals surface area contributed by atoms with Crippen LogP contribution in [0.25, 0.3) is 0 Å². The van der Waals surface area contributed by atoms with Crippen molar-refractivity contribution in [2.24, 2.45) is 5.92 Å². The predicted octanol–water partition coefficient (Wildman–Crippen LogP) is 2.52. The summed E-state index contributed by atoms with van der Waals surface area (Å²) < 4.78 is 0. The van der Waals surface area contributed by atoms with Crippen molar-refractivity contribution in [3.05, 3.63) is 29.3 Å². The Hall–Kier alpha value is -1.06. The van der Waals surface area contributed by atoms with Crippen LogP contribution in [0.4, 0.5) is 5.69 Å². The molecule has 1 rings (SSSR count). The van der Waals surface area contributed by atoms with Gasteiger partial charge in [0.05, 0.1) is 0 Å². The van der Waals surface area contributed by atoms with Gasteiger partial charge in [-0.1, -0.05) is 25.4 Å². The summed E-state index contributed by atoms with van der Waals surface area (Å²) in [5.41, 5.74) is 0.776. The highest BCUT2D eigenvalue weighted by atomic mass is 35.5. The van der Waals surface area contributed by atoms with Gasteiger partial charge in [0.2, 0.25) is 5.91 Å². The summed E-state index contributed by atoms with van der Waals surface area (Å²) in [6.45, 7) is 5.48. The van der Waals surface area contributed by atoms with Crippen LogP contribution in [0.15, 0.2) is 24.3 Å². The Kier molecular flexibility index (Phi) is 5.29. The Labute approximate surface area is 101 Å². The van der Waals surface area contributed by atoms with Crippen molar-refractivity contribution in [2.75, 3.05) is 18.4 Å². The lowest BCUT2D eigenvalue weighted by Crippen LogP contribution is -2.30. The molecule has 1 unspecified atom stereocenters. The highest BCUT2D eigenvalue weighted by molar-refractivity contribution is 6.30. The van der Waals surface area contributed by atoms with Crippen LogP contribution in [0.2, 0.25) is 5.02 Å². The summed E-state index contributed by atoms with van der Waals surface area (Å²) in [5, 5.41) is 6.65. The number of carbonyl (C=O) groups excluding carboxylic acids is 1. The highest BCUT2D eigenvalue weighted by Crippen LogP contribution is 2.14. The van der Waals surface area contributed by atoms with Crippen LogP contribution in [-0.4, -0.2) is 19.0 Å². The van der Waals surface area contributed by atoms with E-state index in [0.29, 0.717) is 11.6 Å².